The lowest BCUT2D eigenvalue weighted by molar-refractivity contribution is -0.253. The quantitative estimate of drug-likeness (QED) is 0.498. The predicted octanol–water partition coefficient (Wildman–Crippen LogP) is 3.25. The van der Waals surface area contributed by atoms with Crippen LogP contribution in [0.3, 0.4) is 0 Å². The van der Waals surface area contributed by atoms with E-state index in [2.05, 4.69) is 6.92 Å². The largest absolute Gasteiger partial charge is 0.457 e. The molecule has 0 radical (unpaired) electrons. The molecule has 3 aliphatic heterocycles. The van der Waals surface area contributed by atoms with Crippen molar-refractivity contribution in [2.75, 3.05) is 13.4 Å². The van der Waals surface area contributed by atoms with Gasteiger partial charge in [0.1, 0.15) is 30.0 Å². The first-order chi connectivity index (χ1) is 16.3. The fourth-order valence-corrected chi connectivity index (χ4v) is 6.61. The zero-order valence-electron chi connectivity index (χ0n) is 19.8. The summed E-state index contributed by atoms with van der Waals surface area (Å²) in [5, 5.41) is 9.24. The summed E-state index contributed by atoms with van der Waals surface area (Å²) in [6, 6.07) is 5.49. The van der Waals surface area contributed by atoms with Crippen LogP contribution in [0.25, 0.3) is 6.08 Å². The van der Waals surface area contributed by atoms with Gasteiger partial charge in [-0.3, -0.25) is 0 Å². The van der Waals surface area contributed by atoms with E-state index in [9.17, 15) is 14.7 Å². The third kappa shape index (κ3) is 3.67. The summed E-state index contributed by atoms with van der Waals surface area (Å²) in [7, 11) is 0. The molecule has 2 bridgehead atoms. The van der Waals surface area contributed by atoms with Crippen LogP contribution in [0.5, 0.6) is 11.5 Å². The van der Waals surface area contributed by atoms with Crippen LogP contribution in [0, 0.1) is 17.8 Å². The molecule has 8 nitrogen and oxygen atoms in total. The fraction of sp³-hybridized carbons (Fsp3) is 0.615. The Hall–Kier alpha value is -2.58. The average molecular weight is 473 g/mol. The molecular formula is C26H32O8. The molecular weight excluding hydrogens is 440 g/mol. The van der Waals surface area contributed by atoms with E-state index in [1.165, 1.54) is 6.08 Å². The Morgan fingerprint density at radius 2 is 2.00 bits per heavy atom. The molecule has 1 aromatic rings. The van der Waals surface area contributed by atoms with E-state index in [1.807, 2.05) is 32.0 Å². The molecule has 3 heterocycles. The van der Waals surface area contributed by atoms with Gasteiger partial charge in [0, 0.05) is 18.4 Å². The number of fused-ring (bicyclic) bond motifs is 5. The first-order valence-electron chi connectivity index (χ1n) is 12.1. The molecule has 8 heteroatoms. The highest BCUT2D eigenvalue weighted by atomic mass is 16.7. The second-order valence-corrected chi connectivity index (χ2v) is 10.1. The Kier molecular flexibility index (Phi) is 5.84. The van der Waals surface area contributed by atoms with Crippen LogP contribution in [0.15, 0.2) is 24.3 Å². The van der Waals surface area contributed by atoms with Gasteiger partial charge in [-0.05, 0) is 61.8 Å². The molecule has 0 amide bonds. The van der Waals surface area contributed by atoms with Crippen LogP contribution in [0.4, 0.5) is 0 Å². The maximum Gasteiger partial charge on any atom is 0.332 e. The monoisotopic (exact) mass is 472 g/mol. The van der Waals surface area contributed by atoms with Gasteiger partial charge in [0.05, 0.1) is 0 Å². The minimum absolute atomic E-state index is 0.0943. The van der Waals surface area contributed by atoms with Gasteiger partial charge in [0.15, 0.2) is 11.5 Å². The standard InChI is InChI=1S/C26H32O8/c1-4-26-12-20(32-22(29)13-27)25(3,34-26)17-8-5-15(2)23(17)24(26)33-21(28)10-7-16-6-9-18-19(11-16)31-14-30-18/h6-7,9-11,15,17,20,23-24,27H,4-5,8,12-14H2,1-3H3/b10-7+/t15-,17?,20?,23?,24+,25-,26-/m1/s1. The zero-order valence-corrected chi connectivity index (χ0v) is 19.8. The molecule has 34 heavy (non-hydrogen) atoms. The van der Waals surface area contributed by atoms with Gasteiger partial charge in [0.2, 0.25) is 6.79 Å². The third-order valence-corrected chi connectivity index (χ3v) is 8.31. The molecule has 4 aliphatic rings. The molecule has 2 saturated heterocycles. The van der Waals surface area contributed by atoms with Crippen molar-refractivity contribution in [2.24, 2.45) is 17.8 Å². The fourth-order valence-electron chi connectivity index (χ4n) is 6.61. The number of hydrogen-bond acceptors (Lipinski definition) is 8. The first kappa shape index (κ1) is 23.2. The van der Waals surface area contributed by atoms with E-state index in [1.54, 1.807) is 6.08 Å². The molecule has 1 aromatic carbocycles. The Morgan fingerprint density at radius 1 is 1.21 bits per heavy atom. The molecule has 5 rings (SSSR count). The lowest BCUT2D eigenvalue weighted by Crippen LogP contribution is -2.60. The third-order valence-electron chi connectivity index (χ3n) is 8.31. The molecule has 3 unspecified atom stereocenters. The van der Waals surface area contributed by atoms with Gasteiger partial charge in [-0.25, -0.2) is 9.59 Å². The number of carbonyl (C=O) groups is 2. The summed E-state index contributed by atoms with van der Waals surface area (Å²) in [6.07, 6.45) is 5.17. The lowest BCUT2D eigenvalue weighted by Gasteiger charge is -2.51. The van der Waals surface area contributed by atoms with Gasteiger partial charge < -0.3 is 28.8 Å². The van der Waals surface area contributed by atoms with Crippen molar-refractivity contribution in [3.05, 3.63) is 29.8 Å². The lowest BCUT2D eigenvalue weighted by atomic mass is 9.71. The highest BCUT2D eigenvalue weighted by molar-refractivity contribution is 5.87. The molecule has 7 atom stereocenters. The van der Waals surface area contributed by atoms with Gasteiger partial charge in [-0.2, -0.15) is 0 Å². The van der Waals surface area contributed by atoms with Crippen molar-refractivity contribution in [3.8, 4) is 11.5 Å². The van der Waals surface area contributed by atoms with Crippen LogP contribution < -0.4 is 9.47 Å². The van der Waals surface area contributed by atoms with Gasteiger partial charge in [-0.1, -0.05) is 19.9 Å². The van der Waals surface area contributed by atoms with E-state index in [-0.39, 0.29) is 18.6 Å². The van der Waals surface area contributed by atoms with Crippen LogP contribution in [-0.2, 0) is 23.8 Å². The minimum Gasteiger partial charge on any atom is -0.457 e. The number of esters is 2. The second-order valence-electron chi connectivity index (χ2n) is 10.1. The summed E-state index contributed by atoms with van der Waals surface area (Å²) >= 11 is 0. The van der Waals surface area contributed by atoms with E-state index < -0.39 is 42.0 Å². The summed E-state index contributed by atoms with van der Waals surface area (Å²) in [5.74, 6) is 0.800. The minimum atomic E-state index is -0.739. The van der Waals surface area contributed by atoms with Crippen molar-refractivity contribution < 1.29 is 38.4 Å². The normalized spacial score (nSPS) is 37.6. The van der Waals surface area contributed by atoms with Gasteiger partial charge >= 0.3 is 11.9 Å². The Balaban J connectivity index is 1.39. The van der Waals surface area contributed by atoms with Crippen LogP contribution in [0.2, 0.25) is 0 Å². The molecule has 0 spiro atoms. The number of aliphatic hydroxyl groups is 1. The molecule has 0 aromatic heterocycles. The highest BCUT2D eigenvalue weighted by Crippen LogP contribution is 2.62. The number of benzene rings is 1. The van der Waals surface area contributed by atoms with Crippen molar-refractivity contribution in [2.45, 2.75) is 69.9 Å². The number of ether oxygens (including phenoxy) is 5. The number of carbonyl (C=O) groups excluding carboxylic acids is 2. The molecule has 3 fully saturated rings. The Bertz CT molecular complexity index is 1000. The Morgan fingerprint density at radius 3 is 2.76 bits per heavy atom. The maximum atomic E-state index is 13.0. The summed E-state index contributed by atoms with van der Waals surface area (Å²) in [5.41, 5.74) is -0.596. The van der Waals surface area contributed by atoms with Crippen molar-refractivity contribution >= 4 is 18.0 Å². The molecule has 1 N–H and O–H groups in total. The van der Waals surface area contributed by atoms with E-state index in [0.717, 1.165) is 18.4 Å². The summed E-state index contributed by atoms with van der Waals surface area (Å²) in [4.78, 5) is 25.0. The van der Waals surface area contributed by atoms with Gasteiger partial charge in [0.25, 0.3) is 0 Å². The maximum absolute atomic E-state index is 13.0. The van der Waals surface area contributed by atoms with E-state index >= 15 is 0 Å². The zero-order chi connectivity index (χ0) is 24.1. The van der Waals surface area contributed by atoms with Crippen LogP contribution >= 0.6 is 0 Å². The van der Waals surface area contributed by atoms with Crippen LogP contribution in [-0.4, -0.2) is 53.9 Å². The Labute approximate surface area is 199 Å². The van der Waals surface area contributed by atoms with Crippen LogP contribution in [0.1, 0.15) is 52.0 Å². The van der Waals surface area contributed by atoms with E-state index in [0.29, 0.717) is 30.3 Å². The van der Waals surface area contributed by atoms with Crippen molar-refractivity contribution in [1.29, 1.82) is 0 Å². The SMILES string of the molecule is CC[C@]12CC(OC(=O)CO)[C@](C)(O1)C1CC[C@@H](C)C1[C@@H]2OC(=O)/C=C/c1ccc2c(c1)OCO2. The summed E-state index contributed by atoms with van der Waals surface area (Å²) in [6.45, 7) is 5.74. The molecule has 1 aliphatic carbocycles. The average Bonchev–Trinajstić information content (AvgIpc) is 3.51. The summed E-state index contributed by atoms with van der Waals surface area (Å²) < 4.78 is 29.2. The van der Waals surface area contributed by atoms with Crippen molar-refractivity contribution in [3.63, 3.8) is 0 Å². The van der Waals surface area contributed by atoms with E-state index in [4.69, 9.17) is 23.7 Å². The second kappa shape index (κ2) is 8.57. The first-order valence-corrected chi connectivity index (χ1v) is 12.1. The predicted molar refractivity (Wildman–Crippen MR) is 121 cm³/mol. The topological polar surface area (TPSA) is 101 Å². The number of hydrogen-bond donors (Lipinski definition) is 1. The number of rotatable bonds is 6. The van der Waals surface area contributed by atoms with Gasteiger partial charge in [-0.15, -0.1) is 0 Å². The molecule has 184 valence electrons. The molecule has 1 saturated carbocycles. The smallest absolute Gasteiger partial charge is 0.332 e. The highest BCUT2D eigenvalue weighted by Gasteiger charge is 2.70. The number of aliphatic hydroxyl groups excluding tert-OH is 1. The van der Waals surface area contributed by atoms with Crippen molar-refractivity contribution in [1.82, 2.24) is 0 Å².